The molecule has 0 bridgehead atoms. The first-order valence-corrected chi connectivity index (χ1v) is 8.94. The first kappa shape index (κ1) is 16.5. The molecule has 0 radical (unpaired) electrons. The molecule has 0 aliphatic carbocycles. The van der Waals surface area contributed by atoms with E-state index in [2.05, 4.69) is 13.8 Å². The summed E-state index contributed by atoms with van der Waals surface area (Å²) >= 11 is 0. The van der Waals surface area contributed by atoms with Crippen LogP contribution in [-0.4, -0.2) is 31.9 Å². The minimum absolute atomic E-state index is 0.0472. The molecule has 1 aromatic carbocycles. The van der Waals surface area contributed by atoms with Crippen molar-refractivity contribution in [2.75, 3.05) is 13.1 Å². The lowest BCUT2D eigenvalue weighted by atomic mass is 9.81. The number of rotatable bonds is 3. The van der Waals surface area contributed by atoms with Crippen molar-refractivity contribution in [2.24, 2.45) is 11.1 Å². The topological polar surface area (TPSA) is 63.4 Å². The lowest BCUT2D eigenvalue weighted by Crippen LogP contribution is -2.53. The highest BCUT2D eigenvalue weighted by atomic mass is 32.2. The second-order valence-electron chi connectivity index (χ2n) is 6.95. The summed E-state index contributed by atoms with van der Waals surface area (Å²) in [6.07, 6.45) is 0.704. The normalized spacial score (nSPS) is 23.4. The fourth-order valence-corrected chi connectivity index (χ4v) is 4.40. The fraction of sp³-hybridized carbons (Fsp3) is 0.625. The maximum atomic E-state index is 12.8. The van der Waals surface area contributed by atoms with Crippen LogP contribution in [0, 0.1) is 5.41 Å². The van der Waals surface area contributed by atoms with Crippen molar-refractivity contribution < 1.29 is 8.42 Å². The molecule has 1 unspecified atom stereocenters. The predicted molar refractivity (Wildman–Crippen MR) is 85.7 cm³/mol. The van der Waals surface area contributed by atoms with Gasteiger partial charge in [-0.05, 0) is 35.4 Å². The van der Waals surface area contributed by atoms with Crippen molar-refractivity contribution in [3.63, 3.8) is 0 Å². The van der Waals surface area contributed by atoms with E-state index in [0.29, 0.717) is 30.3 Å². The van der Waals surface area contributed by atoms with Gasteiger partial charge in [-0.3, -0.25) is 0 Å². The molecule has 0 aromatic heterocycles. The summed E-state index contributed by atoms with van der Waals surface area (Å²) in [5, 5.41) is 0. The van der Waals surface area contributed by atoms with Crippen LogP contribution < -0.4 is 5.73 Å². The van der Waals surface area contributed by atoms with Crippen molar-refractivity contribution in [1.29, 1.82) is 0 Å². The van der Waals surface area contributed by atoms with E-state index in [4.69, 9.17) is 5.73 Å². The van der Waals surface area contributed by atoms with Gasteiger partial charge in [-0.1, -0.05) is 39.8 Å². The Morgan fingerprint density at radius 2 is 2.00 bits per heavy atom. The molecule has 0 saturated carbocycles. The van der Waals surface area contributed by atoms with E-state index in [1.165, 1.54) is 0 Å². The van der Waals surface area contributed by atoms with Gasteiger partial charge in [-0.15, -0.1) is 0 Å². The number of hydrogen-bond acceptors (Lipinski definition) is 3. The Morgan fingerprint density at radius 3 is 2.57 bits per heavy atom. The van der Waals surface area contributed by atoms with E-state index in [1.807, 2.05) is 26.0 Å². The number of sulfonamides is 1. The molecule has 1 aliphatic rings. The van der Waals surface area contributed by atoms with Gasteiger partial charge in [-0.25, -0.2) is 8.42 Å². The van der Waals surface area contributed by atoms with Crippen molar-refractivity contribution in [3.8, 4) is 0 Å². The van der Waals surface area contributed by atoms with Crippen LogP contribution >= 0.6 is 0 Å². The largest absolute Gasteiger partial charge is 0.327 e. The Kier molecular flexibility index (Phi) is 4.47. The van der Waals surface area contributed by atoms with E-state index in [1.54, 1.807) is 16.4 Å². The van der Waals surface area contributed by atoms with Gasteiger partial charge in [0.05, 0.1) is 4.90 Å². The molecule has 4 nitrogen and oxygen atoms in total. The minimum atomic E-state index is -3.43. The number of nitrogens with two attached hydrogens (primary N) is 1. The molecule has 1 aliphatic heterocycles. The quantitative estimate of drug-likeness (QED) is 0.933. The molecule has 1 fully saturated rings. The zero-order chi connectivity index (χ0) is 15.8. The van der Waals surface area contributed by atoms with Gasteiger partial charge >= 0.3 is 0 Å². The number of piperidine rings is 1. The van der Waals surface area contributed by atoms with Gasteiger partial charge in [0.1, 0.15) is 0 Å². The number of hydrogen-bond donors (Lipinski definition) is 1. The zero-order valence-electron chi connectivity index (χ0n) is 13.3. The summed E-state index contributed by atoms with van der Waals surface area (Å²) in [5.74, 6) is 0.311. The first-order chi connectivity index (χ1) is 9.64. The van der Waals surface area contributed by atoms with E-state index < -0.39 is 10.0 Å². The molecule has 118 valence electrons. The third-order valence-corrected chi connectivity index (χ3v) is 6.28. The zero-order valence-corrected chi connectivity index (χ0v) is 14.2. The number of nitrogens with zero attached hydrogens (tertiary/aromatic N) is 1. The van der Waals surface area contributed by atoms with Gasteiger partial charge in [-0.2, -0.15) is 4.31 Å². The van der Waals surface area contributed by atoms with Crippen LogP contribution in [0.2, 0.25) is 0 Å². The monoisotopic (exact) mass is 310 g/mol. The molecular weight excluding hydrogens is 284 g/mol. The second-order valence-corrected chi connectivity index (χ2v) is 8.89. The van der Waals surface area contributed by atoms with Crippen molar-refractivity contribution in [3.05, 3.63) is 29.8 Å². The van der Waals surface area contributed by atoms with Gasteiger partial charge < -0.3 is 5.73 Å². The van der Waals surface area contributed by atoms with Crippen LogP contribution in [0.5, 0.6) is 0 Å². The standard InChI is InChI=1S/C16H26N2O2S/c1-12(2)13-6-5-7-14(10-13)21(19,20)18-9-8-15(17)16(3,4)11-18/h5-7,10,12,15H,8-9,11,17H2,1-4H3. The lowest BCUT2D eigenvalue weighted by Gasteiger charge is -2.41. The summed E-state index contributed by atoms with van der Waals surface area (Å²) < 4.78 is 27.3. The molecule has 0 spiro atoms. The van der Waals surface area contributed by atoms with Crippen molar-refractivity contribution in [2.45, 2.75) is 51.0 Å². The highest BCUT2D eigenvalue weighted by Crippen LogP contribution is 2.31. The Morgan fingerprint density at radius 1 is 1.33 bits per heavy atom. The third kappa shape index (κ3) is 3.30. The van der Waals surface area contributed by atoms with Gasteiger partial charge in [0.15, 0.2) is 0 Å². The molecule has 2 rings (SSSR count). The van der Waals surface area contributed by atoms with Crippen LogP contribution in [0.15, 0.2) is 29.2 Å². The summed E-state index contributed by atoms with van der Waals surface area (Å²) in [6, 6.07) is 7.32. The SMILES string of the molecule is CC(C)c1cccc(S(=O)(=O)N2CCC(N)C(C)(C)C2)c1. The van der Waals surface area contributed by atoms with Crippen LogP contribution in [0.1, 0.15) is 45.6 Å². The highest BCUT2D eigenvalue weighted by Gasteiger charge is 2.38. The molecule has 21 heavy (non-hydrogen) atoms. The fourth-order valence-electron chi connectivity index (χ4n) is 2.71. The minimum Gasteiger partial charge on any atom is -0.327 e. The Hall–Kier alpha value is -0.910. The van der Waals surface area contributed by atoms with Crippen LogP contribution in [-0.2, 0) is 10.0 Å². The van der Waals surface area contributed by atoms with E-state index >= 15 is 0 Å². The van der Waals surface area contributed by atoms with Gasteiger partial charge in [0, 0.05) is 19.1 Å². The Balaban J connectivity index is 2.32. The predicted octanol–water partition coefficient (Wildman–Crippen LogP) is 2.56. The first-order valence-electron chi connectivity index (χ1n) is 7.50. The summed E-state index contributed by atoms with van der Waals surface area (Å²) in [7, 11) is -3.43. The van der Waals surface area contributed by atoms with E-state index in [9.17, 15) is 8.42 Å². The van der Waals surface area contributed by atoms with E-state index in [0.717, 1.165) is 5.56 Å². The van der Waals surface area contributed by atoms with Crippen molar-refractivity contribution in [1.82, 2.24) is 4.31 Å². The van der Waals surface area contributed by atoms with Gasteiger partial charge in [0.2, 0.25) is 10.0 Å². The summed E-state index contributed by atoms with van der Waals surface area (Å²) in [4.78, 5) is 0.389. The molecule has 1 atom stereocenters. The molecular formula is C16H26N2O2S. The molecule has 1 aromatic rings. The lowest BCUT2D eigenvalue weighted by molar-refractivity contribution is 0.155. The summed E-state index contributed by atoms with van der Waals surface area (Å²) in [5.41, 5.74) is 6.95. The van der Waals surface area contributed by atoms with E-state index in [-0.39, 0.29) is 11.5 Å². The van der Waals surface area contributed by atoms with Crippen LogP contribution in [0.25, 0.3) is 0 Å². The number of benzene rings is 1. The average Bonchev–Trinajstić information content (AvgIpc) is 2.41. The third-order valence-electron chi connectivity index (χ3n) is 4.44. The maximum absolute atomic E-state index is 12.8. The van der Waals surface area contributed by atoms with Crippen molar-refractivity contribution >= 4 is 10.0 Å². The molecule has 1 heterocycles. The highest BCUT2D eigenvalue weighted by molar-refractivity contribution is 7.89. The Labute approximate surface area is 128 Å². The second kappa shape index (κ2) is 5.71. The average molecular weight is 310 g/mol. The van der Waals surface area contributed by atoms with Gasteiger partial charge in [0.25, 0.3) is 0 Å². The Bertz CT molecular complexity index is 608. The molecule has 0 amide bonds. The molecule has 5 heteroatoms. The molecule has 2 N–H and O–H groups in total. The van der Waals surface area contributed by atoms with Crippen LogP contribution in [0.4, 0.5) is 0 Å². The van der Waals surface area contributed by atoms with Crippen LogP contribution in [0.3, 0.4) is 0 Å². The summed E-state index contributed by atoms with van der Waals surface area (Å²) in [6.45, 7) is 9.17. The maximum Gasteiger partial charge on any atom is 0.243 e. The smallest absolute Gasteiger partial charge is 0.243 e. The molecule has 1 saturated heterocycles.